The van der Waals surface area contributed by atoms with Gasteiger partial charge >= 0.3 is 12.1 Å². The van der Waals surface area contributed by atoms with E-state index in [1.807, 2.05) is 44.2 Å². The van der Waals surface area contributed by atoms with Gasteiger partial charge in [0, 0.05) is 6.54 Å². The molecular formula is C15H21NO4. The first kappa shape index (κ1) is 16.0. The van der Waals surface area contributed by atoms with Crippen LogP contribution in [0.4, 0.5) is 4.79 Å². The molecule has 0 spiro atoms. The van der Waals surface area contributed by atoms with Crippen LogP contribution in [-0.4, -0.2) is 23.7 Å². The molecule has 1 aromatic carbocycles. The molecule has 1 atom stereocenters. The number of carbonyl (C=O) groups is 2. The minimum atomic E-state index is -0.901. The lowest BCUT2D eigenvalue weighted by molar-refractivity contribution is -0.142. The third-order valence-electron chi connectivity index (χ3n) is 2.81. The molecule has 0 radical (unpaired) electrons. The Labute approximate surface area is 118 Å². The highest BCUT2D eigenvalue weighted by atomic mass is 16.5. The predicted molar refractivity (Wildman–Crippen MR) is 75.2 cm³/mol. The molecule has 0 fully saturated rings. The number of hydrogen-bond donors (Lipinski definition) is 2. The third kappa shape index (κ3) is 6.22. The summed E-state index contributed by atoms with van der Waals surface area (Å²) < 4.78 is 5.02. The highest BCUT2D eigenvalue weighted by Crippen LogP contribution is 2.11. The lowest BCUT2D eigenvalue weighted by atomic mass is 9.97. The molecule has 0 heterocycles. The molecule has 0 saturated carbocycles. The lowest BCUT2D eigenvalue weighted by Crippen LogP contribution is -2.34. The summed E-state index contributed by atoms with van der Waals surface area (Å²) in [5.41, 5.74) is 0.889. The fraction of sp³-hybridized carbons (Fsp3) is 0.467. The van der Waals surface area contributed by atoms with Crippen LogP contribution in [0.25, 0.3) is 0 Å². The Kier molecular flexibility index (Phi) is 6.56. The summed E-state index contributed by atoms with van der Waals surface area (Å²) in [5.74, 6) is -1.22. The van der Waals surface area contributed by atoms with Crippen molar-refractivity contribution >= 4 is 12.1 Å². The summed E-state index contributed by atoms with van der Waals surface area (Å²) in [6.45, 7) is 4.16. The molecule has 0 aliphatic heterocycles. The monoisotopic (exact) mass is 279 g/mol. The van der Waals surface area contributed by atoms with Gasteiger partial charge in [-0.05, 0) is 17.9 Å². The van der Waals surface area contributed by atoms with Crippen LogP contribution in [0.2, 0.25) is 0 Å². The van der Waals surface area contributed by atoms with Crippen molar-refractivity contribution in [2.75, 3.05) is 6.54 Å². The normalized spacial score (nSPS) is 11.9. The number of amides is 1. The van der Waals surface area contributed by atoms with Gasteiger partial charge in [0.05, 0.1) is 5.92 Å². The Morgan fingerprint density at radius 3 is 2.45 bits per heavy atom. The van der Waals surface area contributed by atoms with Crippen LogP contribution in [0, 0.1) is 11.8 Å². The standard InChI is InChI=1S/C15H21NO4/c1-11(2)8-13(14(17)18)9-16-15(19)20-10-12-6-4-3-5-7-12/h3-7,11,13H,8-10H2,1-2H3,(H,16,19)(H,17,18). The Hall–Kier alpha value is -2.04. The number of aliphatic carboxylic acids is 1. The average Bonchev–Trinajstić information content (AvgIpc) is 2.41. The maximum absolute atomic E-state index is 11.5. The molecule has 1 unspecified atom stereocenters. The zero-order valence-corrected chi connectivity index (χ0v) is 11.8. The number of carbonyl (C=O) groups excluding carboxylic acids is 1. The van der Waals surface area contributed by atoms with Gasteiger partial charge in [-0.25, -0.2) is 4.79 Å². The fourth-order valence-electron chi connectivity index (χ4n) is 1.82. The minimum Gasteiger partial charge on any atom is -0.481 e. The molecule has 1 amide bonds. The van der Waals surface area contributed by atoms with Gasteiger partial charge in [-0.15, -0.1) is 0 Å². The first-order valence-corrected chi connectivity index (χ1v) is 6.66. The van der Waals surface area contributed by atoms with Crippen molar-refractivity contribution in [2.45, 2.75) is 26.9 Å². The largest absolute Gasteiger partial charge is 0.481 e. The van der Waals surface area contributed by atoms with E-state index in [0.717, 1.165) is 5.56 Å². The van der Waals surface area contributed by atoms with Gasteiger partial charge in [-0.3, -0.25) is 4.79 Å². The number of hydrogen-bond acceptors (Lipinski definition) is 3. The number of nitrogens with one attached hydrogen (secondary N) is 1. The van der Waals surface area contributed by atoms with Crippen LogP contribution in [0.1, 0.15) is 25.8 Å². The van der Waals surface area contributed by atoms with Crippen molar-refractivity contribution in [1.29, 1.82) is 0 Å². The van der Waals surface area contributed by atoms with Crippen LogP contribution in [0.5, 0.6) is 0 Å². The molecule has 0 bridgehead atoms. The molecule has 2 N–H and O–H groups in total. The van der Waals surface area contributed by atoms with E-state index in [1.54, 1.807) is 0 Å². The first-order valence-electron chi connectivity index (χ1n) is 6.66. The molecule has 1 aromatic rings. The Bertz CT molecular complexity index is 431. The van der Waals surface area contributed by atoms with Crippen LogP contribution in [0.15, 0.2) is 30.3 Å². The Morgan fingerprint density at radius 1 is 1.25 bits per heavy atom. The van der Waals surface area contributed by atoms with Crippen LogP contribution < -0.4 is 5.32 Å². The van der Waals surface area contributed by atoms with Crippen LogP contribution >= 0.6 is 0 Å². The summed E-state index contributed by atoms with van der Waals surface area (Å²) in [7, 11) is 0. The van der Waals surface area contributed by atoms with Crippen molar-refractivity contribution in [3.63, 3.8) is 0 Å². The molecule has 0 aliphatic carbocycles. The molecule has 0 aromatic heterocycles. The number of benzene rings is 1. The fourth-order valence-corrected chi connectivity index (χ4v) is 1.82. The smallest absolute Gasteiger partial charge is 0.407 e. The predicted octanol–water partition coefficient (Wildman–Crippen LogP) is 2.66. The summed E-state index contributed by atoms with van der Waals surface area (Å²) >= 11 is 0. The van der Waals surface area contributed by atoms with E-state index >= 15 is 0 Å². The molecule has 5 heteroatoms. The van der Waals surface area contributed by atoms with Gasteiger partial charge in [0.2, 0.25) is 0 Å². The van der Waals surface area contributed by atoms with Gasteiger partial charge < -0.3 is 15.2 Å². The van der Waals surface area contributed by atoms with Crippen LogP contribution in [-0.2, 0) is 16.1 Å². The van der Waals surface area contributed by atoms with Crippen molar-refractivity contribution in [1.82, 2.24) is 5.32 Å². The highest BCUT2D eigenvalue weighted by molar-refractivity contribution is 5.72. The van der Waals surface area contributed by atoms with Crippen molar-refractivity contribution in [3.8, 4) is 0 Å². The third-order valence-corrected chi connectivity index (χ3v) is 2.81. The Morgan fingerprint density at radius 2 is 1.90 bits per heavy atom. The molecule has 20 heavy (non-hydrogen) atoms. The maximum atomic E-state index is 11.5. The van der Waals surface area contributed by atoms with E-state index in [2.05, 4.69) is 5.32 Å². The average molecular weight is 279 g/mol. The second-order valence-electron chi connectivity index (χ2n) is 5.11. The second kappa shape index (κ2) is 8.19. The van der Waals surface area contributed by atoms with E-state index in [0.29, 0.717) is 6.42 Å². The lowest BCUT2D eigenvalue weighted by Gasteiger charge is -2.15. The minimum absolute atomic E-state index is 0.0845. The molecular weight excluding hydrogens is 258 g/mol. The van der Waals surface area contributed by atoms with Crippen LogP contribution in [0.3, 0.4) is 0 Å². The van der Waals surface area contributed by atoms with Gasteiger partial charge in [0.15, 0.2) is 0 Å². The van der Waals surface area contributed by atoms with Crippen molar-refractivity contribution in [3.05, 3.63) is 35.9 Å². The van der Waals surface area contributed by atoms with E-state index in [9.17, 15) is 9.59 Å². The number of carboxylic acids is 1. The summed E-state index contributed by atoms with van der Waals surface area (Å²) in [6, 6.07) is 9.31. The molecule has 110 valence electrons. The second-order valence-corrected chi connectivity index (χ2v) is 5.11. The number of rotatable bonds is 7. The number of alkyl carbamates (subject to hydrolysis) is 1. The first-order chi connectivity index (χ1) is 9.49. The van der Waals surface area contributed by atoms with Gasteiger partial charge in [0.1, 0.15) is 6.61 Å². The molecule has 5 nitrogen and oxygen atoms in total. The molecule has 0 aliphatic rings. The van der Waals surface area contributed by atoms with Gasteiger partial charge in [-0.1, -0.05) is 44.2 Å². The summed E-state index contributed by atoms with van der Waals surface area (Å²) in [4.78, 5) is 22.5. The van der Waals surface area contributed by atoms with E-state index in [-0.39, 0.29) is 19.1 Å². The number of ether oxygens (including phenoxy) is 1. The molecule has 0 saturated heterocycles. The zero-order chi connectivity index (χ0) is 15.0. The quantitative estimate of drug-likeness (QED) is 0.804. The number of carboxylic acid groups (broad SMARTS) is 1. The van der Waals surface area contributed by atoms with Crippen molar-refractivity contribution in [2.24, 2.45) is 11.8 Å². The topological polar surface area (TPSA) is 75.6 Å². The highest BCUT2D eigenvalue weighted by Gasteiger charge is 2.19. The van der Waals surface area contributed by atoms with E-state index < -0.39 is 18.0 Å². The van der Waals surface area contributed by atoms with E-state index in [4.69, 9.17) is 9.84 Å². The van der Waals surface area contributed by atoms with Gasteiger partial charge in [-0.2, -0.15) is 0 Å². The summed E-state index contributed by atoms with van der Waals surface area (Å²) in [6.07, 6.45) is -0.0715. The zero-order valence-electron chi connectivity index (χ0n) is 11.8. The SMILES string of the molecule is CC(C)CC(CNC(=O)OCc1ccccc1)C(=O)O. The van der Waals surface area contributed by atoms with Gasteiger partial charge in [0.25, 0.3) is 0 Å². The maximum Gasteiger partial charge on any atom is 0.407 e. The molecule has 1 rings (SSSR count). The van der Waals surface area contributed by atoms with E-state index in [1.165, 1.54) is 0 Å². The van der Waals surface area contributed by atoms with Crippen molar-refractivity contribution < 1.29 is 19.4 Å². The Balaban J connectivity index is 2.32. The summed E-state index contributed by atoms with van der Waals surface area (Å²) in [5, 5.41) is 11.5.